The first-order valence-corrected chi connectivity index (χ1v) is 9.17. The van der Waals surface area contributed by atoms with Crippen LogP contribution in [0.15, 0.2) is 35.2 Å². The number of nitrogens with one attached hydrogen (secondary N) is 2. The molecule has 10 heteroatoms. The number of hydrogen-bond acceptors (Lipinski definition) is 3. The molecule has 2 rings (SSSR count). The third-order valence-corrected chi connectivity index (χ3v) is 5.12. The Morgan fingerprint density at radius 2 is 1.81 bits per heavy atom. The van der Waals surface area contributed by atoms with Crippen LogP contribution >= 0.6 is 11.6 Å². The van der Waals surface area contributed by atoms with Gasteiger partial charge in [-0.05, 0) is 36.8 Å². The molecule has 0 bridgehead atoms. The summed E-state index contributed by atoms with van der Waals surface area (Å²) in [6.45, 7) is 1.44. The molecule has 140 valence electrons. The van der Waals surface area contributed by atoms with E-state index in [2.05, 4.69) is 5.32 Å². The lowest BCUT2D eigenvalue weighted by Gasteiger charge is -2.10. The van der Waals surface area contributed by atoms with Gasteiger partial charge in [0.15, 0.2) is 17.5 Å². The molecule has 0 saturated heterocycles. The van der Waals surface area contributed by atoms with Crippen molar-refractivity contribution < 1.29 is 26.4 Å². The van der Waals surface area contributed by atoms with E-state index in [0.717, 1.165) is 5.56 Å². The number of rotatable bonds is 6. The van der Waals surface area contributed by atoms with E-state index in [1.807, 2.05) is 11.6 Å². The second kappa shape index (κ2) is 8.07. The van der Waals surface area contributed by atoms with Crippen molar-refractivity contribution in [1.29, 1.82) is 0 Å². The minimum Gasteiger partial charge on any atom is -0.325 e. The molecule has 5 nitrogen and oxygen atoms in total. The van der Waals surface area contributed by atoms with Gasteiger partial charge in [0.05, 0.1) is 10.7 Å². The smallest absolute Gasteiger partial charge is 0.243 e. The minimum absolute atomic E-state index is 0.283. The Bertz CT molecular complexity index is 952. The molecule has 0 aliphatic rings. The Hall–Kier alpha value is -2.10. The molecule has 0 spiro atoms. The van der Waals surface area contributed by atoms with Crippen LogP contribution in [0.5, 0.6) is 0 Å². The van der Waals surface area contributed by atoms with Gasteiger partial charge in [0.1, 0.15) is 4.90 Å². The van der Waals surface area contributed by atoms with Gasteiger partial charge in [0.25, 0.3) is 0 Å². The number of sulfonamides is 1. The molecule has 0 aliphatic heterocycles. The molecule has 2 aromatic carbocycles. The lowest BCUT2D eigenvalue weighted by Crippen LogP contribution is -2.28. The van der Waals surface area contributed by atoms with E-state index in [4.69, 9.17) is 11.6 Å². The molecule has 26 heavy (non-hydrogen) atoms. The summed E-state index contributed by atoms with van der Waals surface area (Å²) in [5, 5.41) is 2.82. The fraction of sp³-hybridized carbons (Fsp3) is 0.188. The lowest BCUT2D eigenvalue weighted by atomic mass is 10.2. The molecule has 0 radical (unpaired) electrons. The van der Waals surface area contributed by atoms with E-state index in [1.54, 1.807) is 18.2 Å². The average molecular weight is 407 g/mol. The fourth-order valence-corrected chi connectivity index (χ4v) is 3.41. The van der Waals surface area contributed by atoms with Crippen LogP contribution in [-0.4, -0.2) is 20.9 Å². The second-order valence-electron chi connectivity index (χ2n) is 5.35. The van der Waals surface area contributed by atoms with Gasteiger partial charge in [-0.1, -0.05) is 17.7 Å². The molecule has 0 aromatic heterocycles. The lowest BCUT2D eigenvalue weighted by molar-refractivity contribution is -0.116. The molecule has 2 N–H and O–H groups in total. The van der Waals surface area contributed by atoms with Crippen molar-refractivity contribution in [2.24, 2.45) is 0 Å². The normalized spacial score (nSPS) is 11.4. The third-order valence-electron chi connectivity index (χ3n) is 3.33. The van der Waals surface area contributed by atoms with Gasteiger partial charge in [-0.2, -0.15) is 0 Å². The maximum Gasteiger partial charge on any atom is 0.243 e. The summed E-state index contributed by atoms with van der Waals surface area (Å²) in [5.74, 6) is -5.76. The van der Waals surface area contributed by atoms with E-state index < -0.39 is 38.3 Å². The molecule has 0 saturated carbocycles. The van der Waals surface area contributed by atoms with Crippen LogP contribution in [0.25, 0.3) is 0 Å². The quantitative estimate of drug-likeness (QED) is 0.722. The monoisotopic (exact) mass is 406 g/mol. The molecule has 2 aromatic rings. The summed E-state index contributed by atoms with van der Waals surface area (Å²) < 4.78 is 65.5. The Morgan fingerprint density at radius 3 is 2.46 bits per heavy atom. The van der Waals surface area contributed by atoms with Crippen LogP contribution < -0.4 is 10.0 Å². The predicted molar refractivity (Wildman–Crippen MR) is 90.9 cm³/mol. The molecule has 0 atom stereocenters. The van der Waals surface area contributed by atoms with Gasteiger partial charge < -0.3 is 5.32 Å². The van der Waals surface area contributed by atoms with Crippen molar-refractivity contribution in [2.75, 3.05) is 11.9 Å². The van der Waals surface area contributed by atoms with Crippen LogP contribution in [0.2, 0.25) is 5.02 Å². The fourth-order valence-electron chi connectivity index (χ4n) is 2.03. The molecule has 1 amide bonds. The first-order valence-electron chi connectivity index (χ1n) is 7.31. The standard InChI is InChI=1S/C16H14ClF3N2O3S/c1-9-2-4-12(10(17)8-9)22-14(23)6-7-21-26(24,25)13-5-3-11(18)15(19)16(13)20/h2-5,8,21H,6-7H2,1H3,(H,22,23). The van der Waals surface area contributed by atoms with E-state index >= 15 is 0 Å². The Labute approximate surface area is 153 Å². The van der Waals surface area contributed by atoms with E-state index in [0.29, 0.717) is 22.8 Å². The SMILES string of the molecule is Cc1ccc(NC(=O)CCNS(=O)(=O)c2ccc(F)c(F)c2F)c(Cl)c1. The Kier molecular flexibility index (Phi) is 6.27. The Balaban J connectivity index is 1.98. The number of aryl methyl sites for hydroxylation is 1. The number of amides is 1. The summed E-state index contributed by atoms with van der Waals surface area (Å²) in [6.07, 6.45) is -0.283. The highest BCUT2D eigenvalue weighted by atomic mass is 35.5. The van der Waals surface area contributed by atoms with E-state index in [9.17, 15) is 26.4 Å². The molecule has 0 fully saturated rings. The maximum absolute atomic E-state index is 13.6. The number of hydrogen-bond donors (Lipinski definition) is 2. The van der Waals surface area contributed by atoms with Crippen molar-refractivity contribution in [3.8, 4) is 0 Å². The maximum atomic E-state index is 13.6. The zero-order chi connectivity index (χ0) is 19.5. The highest BCUT2D eigenvalue weighted by Crippen LogP contribution is 2.23. The number of carbonyl (C=O) groups excluding carboxylic acids is 1. The van der Waals surface area contributed by atoms with Gasteiger partial charge in [-0.25, -0.2) is 26.3 Å². The van der Waals surface area contributed by atoms with Crippen LogP contribution in [0, 0.1) is 24.4 Å². The molecule has 0 aliphatic carbocycles. The highest BCUT2D eigenvalue weighted by Gasteiger charge is 2.23. The number of anilines is 1. The van der Waals surface area contributed by atoms with Crippen molar-refractivity contribution >= 4 is 33.2 Å². The van der Waals surface area contributed by atoms with Gasteiger partial charge >= 0.3 is 0 Å². The van der Waals surface area contributed by atoms with E-state index in [-0.39, 0.29) is 13.0 Å². The van der Waals surface area contributed by atoms with Crippen molar-refractivity contribution in [1.82, 2.24) is 4.72 Å². The zero-order valence-electron chi connectivity index (χ0n) is 13.4. The van der Waals surface area contributed by atoms with Gasteiger partial charge in [-0.15, -0.1) is 0 Å². The second-order valence-corrected chi connectivity index (χ2v) is 7.50. The topological polar surface area (TPSA) is 75.3 Å². The van der Waals surface area contributed by atoms with Crippen molar-refractivity contribution in [3.05, 3.63) is 58.4 Å². The van der Waals surface area contributed by atoms with E-state index in [1.165, 1.54) is 0 Å². The molecule has 0 heterocycles. The molecular formula is C16H14ClF3N2O3S. The van der Waals surface area contributed by atoms with Crippen molar-refractivity contribution in [3.63, 3.8) is 0 Å². The Morgan fingerprint density at radius 1 is 1.12 bits per heavy atom. The zero-order valence-corrected chi connectivity index (χ0v) is 15.0. The predicted octanol–water partition coefficient (Wildman–Crippen LogP) is 3.37. The molecular weight excluding hydrogens is 393 g/mol. The summed E-state index contributed by atoms with van der Waals surface area (Å²) >= 11 is 5.97. The minimum atomic E-state index is -4.45. The summed E-state index contributed by atoms with van der Waals surface area (Å²) in [7, 11) is -4.45. The third kappa shape index (κ3) is 4.75. The van der Waals surface area contributed by atoms with Crippen LogP contribution in [0.3, 0.4) is 0 Å². The largest absolute Gasteiger partial charge is 0.325 e. The van der Waals surface area contributed by atoms with Crippen LogP contribution in [-0.2, 0) is 14.8 Å². The van der Waals surface area contributed by atoms with Crippen LogP contribution in [0.4, 0.5) is 18.9 Å². The first kappa shape index (κ1) is 20.2. The van der Waals surface area contributed by atoms with Crippen LogP contribution in [0.1, 0.15) is 12.0 Å². The van der Waals surface area contributed by atoms with Gasteiger partial charge in [-0.3, -0.25) is 4.79 Å². The summed E-state index contributed by atoms with van der Waals surface area (Å²) in [6, 6.07) is 6.07. The number of benzene rings is 2. The van der Waals surface area contributed by atoms with Crippen molar-refractivity contribution in [2.45, 2.75) is 18.2 Å². The number of halogens is 4. The average Bonchev–Trinajstić information content (AvgIpc) is 2.55. The van der Waals surface area contributed by atoms with Gasteiger partial charge in [0, 0.05) is 13.0 Å². The van der Waals surface area contributed by atoms with Gasteiger partial charge in [0.2, 0.25) is 15.9 Å². The highest BCUT2D eigenvalue weighted by molar-refractivity contribution is 7.89. The first-order chi connectivity index (χ1) is 12.1. The molecule has 0 unspecified atom stereocenters. The summed E-state index contributed by atoms with van der Waals surface area (Å²) in [5.41, 5.74) is 1.26. The number of carbonyl (C=O) groups is 1. The summed E-state index contributed by atoms with van der Waals surface area (Å²) in [4.78, 5) is 10.8.